The van der Waals surface area contributed by atoms with Gasteiger partial charge >= 0.3 is 5.97 Å². The van der Waals surface area contributed by atoms with Gasteiger partial charge in [0.15, 0.2) is 11.5 Å². The zero-order valence-corrected chi connectivity index (χ0v) is 16.6. The van der Waals surface area contributed by atoms with Gasteiger partial charge in [0.25, 0.3) is 0 Å². The molecule has 1 fully saturated rings. The van der Waals surface area contributed by atoms with E-state index >= 15 is 0 Å². The van der Waals surface area contributed by atoms with Crippen LogP contribution in [-0.2, 0) is 11.8 Å². The predicted molar refractivity (Wildman–Crippen MR) is 109 cm³/mol. The fraction of sp³-hybridized carbons (Fsp3) is 0.375. The van der Waals surface area contributed by atoms with Crippen LogP contribution >= 0.6 is 0 Å². The van der Waals surface area contributed by atoms with Gasteiger partial charge in [-0.1, -0.05) is 30.4 Å². The van der Waals surface area contributed by atoms with Gasteiger partial charge in [-0.3, -0.25) is 0 Å². The molecule has 6 heteroatoms. The highest BCUT2D eigenvalue weighted by Crippen LogP contribution is 2.62. The summed E-state index contributed by atoms with van der Waals surface area (Å²) in [5.41, 5.74) is 2.10. The second-order valence-corrected chi connectivity index (χ2v) is 8.82. The number of nitrogens with zero attached hydrogens (tertiary/aromatic N) is 1. The standard InChI is InChI=1S/C24H23NO5/c1-25-11-10-24-15-7-8-18(27)22(24)30-21-19(9-6-13(20(21)24)12-16(15)25)29-23(28)14-4-2-3-5-17(14)26/h2-9,15-16,18,22,26-27H,10-12H2,1H3/t15-,16+,18-,22-,24-/m0/s1. The molecule has 0 saturated carbocycles. The molecule has 2 heterocycles. The third-order valence-electron chi connectivity index (χ3n) is 7.46. The second kappa shape index (κ2) is 6.09. The van der Waals surface area contributed by atoms with E-state index in [4.69, 9.17) is 9.47 Å². The lowest BCUT2D eigenvalue weighted by Gasteiger charge is -2.56. The van der Waals surface area contributed by atoms with Crippen molar-refractivity contribution in [3.63, 3.8) is 0 Å². The van der Waals surface area contributed by atoms with E-state index in [1.165, 1.54) is 17.7 Å². The number of ether oxygens (including phenoxy) is 2. The Hall–Kier alpha value is -2.83. The Kier molecular flexibility index (Phi) is 3.65. The Balaban J connectivity index is 1.47. The van der Waals surface area contributed by atoms with Crippen LogP contribution in [0.15, 0.2) is 48.6 Å². The van der Waals surface area contributed by atoms with E-state index in [0.29, 0.717) is 17.5 Å². The van der Waals surface area contributed by atoms with Gasteiger partial charge in [0.1, 0.15) is 23.5 Å². The van der Waals surface area contributed by atoms with Crippen LogP contribution in [0.1, 0.15) is 27.9 Å². The molecular formula is C24H23NO5. The van der Waals surface area contributed by atoms with Crippen LogP contribution in [0.25, 0.3) is 0 Å². The van der Waals surface area contributed by atoms with Crippen molar-refractivity contribution in [1.29, 1.82) is 0 Å². The molecule has 30 heavy (non-hydrogen) atoms. The number of aromatic hydroxyl groups is 1. The van der Waals surface area contributed by atoms with Gasteiger partial charge in [-0.05, 0) is 50.2 Å². The van der Waals surface area contributed by atoms with Crippen molar-refractivity contribution >= 4 is 5.97 Å². The highest BCUT2D eigenvalue weighted by Gasteiger charge is 2.64. The molecule has 0 aromatic heterocycles. The van der Waals surface area contributed by atoms with E-state index in [1.54, 1.807) is 18.2 Å². The van der Waals surface area contributed by atoms with Crippen molar-refractivity contribution in [2.75, 3.05) is 13.6 Å². The van der Waals surface area contributed by atoms with Crippen LogP contribution in [0.4, 0.5) is 0 Å². The van der Waals surface area contributed by atoms with Crippen LogP contribution in [0.2, 0.25) is 0 Å². The normalized spacial score (nSPS) is 33.0. The fourth-order valence-electron chi connectivity index (χ4n) is 6.11. The first-order valence-electron chi connectivity index (χ1n) is 10.4. The summed E-state index contributed by atoms with van der Waals surface area (Å²) in [6.45, 7) is 0.933. The van der Waals surface area contributed by atoms with E-state index in [0.717, 1.165) is 24.9 Å². The lowest BCUT2D eigenvalue weighted by Crippen LogP contribution is -2.64. The number of carbonyl (C=O) groups is 1. The second-order valence-electron chi connectivity index (χ2n) is 8.82. The molecule has 2 aromatic carbocycles. The van der Waals surface area contributed by atoms with Crippen LogP contribution in [0.5, 0.6) is 17.2 Å². The number of hydrogen-bond acceptors (Lipinski definition) is 6. The minimum absolute atomic E-state index is 0.106. The summed E-state index contributed by atoms with van der Waals surface area (Å²) in [4.78, 5) is 15.1. The van der Waals surface area contributed by atoms with Crippen molar-refractivity contribution in [3.8, 4) is 17.2 Å². The number of phenolic OH excluding ortho intramolecular Hbond substituents is 1. The van der Waals surface area contributed by atoms with Crippen molar-refractivity contribution < 1.29 is 24.5 Å². The van der Waals surface area contributed by atoms with Crippen LogP contribution in [0, 0.1) is 5.92 Å². The minimum atomic E-state index is -0.703. The number of para-hydroxylation sites is 1. The SMILES string of the molecule is CN1CC[C@]23c4c5ccc(OC(=O)c6ccccc6O)c4O[C@H]2[C@@H](O)C=C[C@H]3[C@H]1C5. The topological polar surface area (TPSA) is 79.2 Å². The summed E-state index contributed by atoms with van der Waals surface area (Å²) in [5.74, 6) is 0.407. The molecule has 5 atom stereocenters. The smallest absolute Gasteiger partial charge is 0.347 e. The first-order valence-corrected chi connectivity index (χ1v) is 10.4. The van der Waals surface area contributed by atoms with E-state index in [2.05, 4.69) is 18.0 Å². The minimum Gasteiger partial charge on any atom is -0.507 e. The lowest BCUT2D eigenvalue weighted by molar-refractivity contribution is -0.0453. The predicted octanol–water partition coefficient (Wildman–Crippen LogP) is 2.42. The molecule has 6 rings (SSSR count). The van der Waals surface area contributed by atoms with E-state index < -0.39 is 12.1 Å². The molecule has 2 N–H and O–H groups in total. The fourth-order valence-corrected chi connectivity index (χ4v) is 6.11. The molecule has 6 nitrogen and oxygen atoms in total. The van der Waals surface area contributed by atoms with Crippen molar-refractivity contribution in [1.82, 2.24) is 4.90 Å². The van der Waals surface area contributed by atoms with Gasteiger partial charge in [0.05, 0.1) is 0 Å². The Morgan fingerprint density at radius 2 is 2.07 bits per heavy atom. The number of rotatable bonds is 2. The number of aliphatic hydroxyl groups excluding tert-OH is 1. The molecule has 0 radical (unpaired) electrons. The number of aliphatic hydroxyl groups is 1. The van der Waals surface area contributed by atoms with Crippen LogP contribution in [0.3, 0.4) is 0 Å². The van der Waals surface area contributed by atoms with Crippen molar-refractivity contribution in [2.45, 2.75) is 36.5 Å². The summed E-state index contributed by atoms with van der Waals surface area (Å²) < 4.78 is 12.1. The monoisotopic (exact) mass is 405 g/mol. The van der Waals surface area contributed by atoms with Gasteiger partial charge in [-0.25, -0.2) is 4.79 Å². The maximum absolute atomic E-state index is 12.7. The Labute approximate surface area is 174 Å². The number of benzene rings is 2. The number of phenols is 1. The average Bonchev–Trinajstić information content (AvgIpc) is 3.09. The maximum Gasteiger partial charge on any atom is 0.347 e. The van der Waals surface area contributed by atoms with Gasteiger partial charge in [0.2, 0.25) is 0 Å². The molecule has 0 amide bonds. The van der Waals surface area contributed by atoms with Crippen LogP contribution in [-0.4, -0.2) is 52.9 Å². The van der Waals surface area contributed by atoms with Crippen LogP contribution < -0.4 is 9.47 Å². The number of carbonyl (C=O) groups excluding carboxylic acids is 1. The van der Waals surface area contributed by atoms with Crippen molar-refractivity contribution in [3.05, 3.63) is 65.2 Å². The molecule has 154 valence electrons. The number of hydrogen-bond donors (Lipinski definition) is 2. The molecule has 1 spiro atoms. The maximum atomic E-state index is 12.7. The summed E-state index contributed by atoms with van der Waals surface area (Å²) in [5, 5.41) is 20.8. The highest BCUT2D eigenvalue weighted by molar-refractivity contribution is 5.94. The quantitative estimate of drug-likeness (QED) is 0.454. The van der Waals surface area contributed by atoms with Gasteiger partial charge in [0, 0.05) is 22.9 Å². The molecule has 1 saturated heterocycles. The summed E-state index contributed by atoms with van der Waals surface area (Å²) in [7, 11) is 2.16. The third-order valence-corrected chi connectivity index (χ3v) is 7.46. The molecule has 0 unspecified atom stereocenters. The Morgan fingerprint density at radius 3 is 2.90 bits per heavy atom. The van der Waals surface area contributed by atoms with Gasteiger partial charge < -0.3 is 24.6 Å². The summed E-state index contributed by atoms with van der Waals surface area (Å²) in [6.07, 6.45) is 4.70. The molecule has 2 aliphatic carbocycles. The number of piperidine rings is 1. The first-order chi connectivity index (χ1) is 14.5. The van der Waals surface area contributed by atoms with E-state index in [1.807, 2.05) is 12.1 Å². The Morgan fingerprint density at radius 1 is 1.23 bits per heavy atom. The molecular weight excluding hydrogens is 382 g/mol. The first kappa shape index (κ1) is 18.0. The molecule has 2 aromatic rings. The molecule has 2 bridgehead atoms. The average molecular weight is 405 g/mol. The molecule has 4 aliphatic rings. The summed E-state index contributed by atoms with van der Waals surface area (Å²) in [6, 6.07) is 10.5. The van der Waals surface area contributed by atoms with E-state index in [9.17, 15) is 15.0 Å². The number of likely N-dealkylation sites (tertiary alicyclic amines) is 1. The van der Waals surface area contributed by atoms with Gasteiger partial charge in [-0.2, -0.15) is 0 Å². The number of esters is 1. The Bertz CT molecular complexity index is 1090. The van der Waals surface area contributed by atoms with Crippen molar-refractivity contribution in [2.24, 2.45) is 5.92 Å². The zero-order valence-electron chi connectivity index (χ0n) is 16.6. The van der Waals surface area contributed by atoms with Gasteiger partial charge in [-0.15, -0.1) is 0 Å². The summed E-state index contributed by atoms with van der Waals surface area (Å²) >= 11 is 0. The number of likely N-dealkylation sites (N-methyl/N-ethyl adjacent to an activating group) is 1. The third kappa shape index (κ3) is 2.18. The highest BCUT2D eigenvalue weighted by atomic mass is 16.6. The largest absolute Gasteiger partial charge is 0.507 e. The molecule has 2 aliphatic heterocycles. The lowest BCUT2D eigenvalue weighted by atomic mass is 9.53. The zero-order chi connectivity index (χ0) is 20.6. The van der Waals surface area contributed by atoms with E-state index in [-0.39, 0.29) is 28.7 Å².